The Morgan fingerprint density at radius 1 is 1.31 bits per heavy atom. The lowest BCUT2D eigenvalue weighted by molar-refractivity contribution is 0.628. The molecule has 2 aromatic rings. The quantitative estimate of drug-likeness (QED) is 0.724. The van der Waals surface area contributed by atoms with Crippen LogP contribution in [0.5, 0.6) is 0 Å². The van der Waals surface area contributed by atoms with Gasteiger partial charge in [-0.15, -0.1) is 0 Å². The normalized spacial score (nSPS) is 11.1. The molecule has 84 valence electrons. The standard InChI is InChI=1S/C13H13ClFN/c1-4-10-8(3)16-13-7(2)5-9(15)6-11(13)12(10)14/h5-6H,4H2,1-3H3. The van der Waals surface area contributed by atoms with Crippen LogP contribution in [0.2, 0.25) is 5.02 Å². The van der Waals surface area contributed by atoms with E-state index in [1.807, 2.05) is 20.8 Å². The third kappa shape index (κ3) is 1.67. The number of halogens is 2. The molecule has 0 atom stereocenters. The fourth-order valence-corrected chi connectivity index (χ4v) is 2.43. The Hall–Kier alpha value is -1.15. The molecule has 16 heavy (non-hydrogen) atoms. The van der Waals surface area contributed by atoms with E-state index in [9.17, 15) is 4.39 Å². The summed E-state index contributed by atoms with van der Waals surface area (Å²) in [6.45, 7) is 5.81. The van der Waals surface area contributed by atoms with Gasteiger partial charge in [0, 0.05) is 11.1 Å². The zero-order valence-corrected chi connectivity index (χ0v) is 10.3. The van der Waals surface area contributed by atoms with Crippen LogP contribution in [0.15, 0.2) is 12.1 Å². The second kappa shape index (κ2) is 4.02. The SMILES string of the molecule is CCc1c(C)nc2c(C)cc(F)cc2c1Cl. The Morgan fingerprint density at radius 3 is 2.62 bits per heavy atom. The maximum absolute atomic E-state index is 13.3. The summed E-state index contributed by atoms with van der Waals surface area (Å²) < 4.78 is 13.3. The van der Waals surface area contributed by atoms with Gasteiger partial charge in [-0.3, -0.25) is 4.98 Å². The molecular weight excluding hydrogens is 225 g/mol. The summed E-state index contributed by atoms with van der Waals surface area (Å²) in [7, 11) is 0. The molecule has 3 heteroatoms. The van der Waals surface area contributed by atoms with Crippen LogP contribution >= 0.6 is 11.6 Å². The van der Waals surface area contributed by atoms with Crippen LogP contribution in [-0.2, 0) is 6.42 Å². The van der Waals surface area contributed by atoms with E-state index < -0.39 is 0 Å². The molecular formula is C13H13ClFN. The van der Waals surface area contributed by atoms with Gasteiger partial charge in [-0.25, -0.2) is 4.39 Å². The summed E-state index contributed by atoms with van der Waals surface area (Å²) in [5, 5.41) is 1.34. The molecule has 0 N–H and O–H groups in total. The lowest BCUT2D eigenvalue weighted by Crippen LogP contribution is -1.96. The van der Waals surface area contributed by atoms with Crippen molar-refractivity contribution in [3.05, 3.63) is 39.8 Å². The molecule has 0 fully saturated rings. The number of aryl methyl sites for hydroxylation is 2. The highest BCUT2D eigenvalue weighted by molar-refractivity contribution is 6.36. The van der Waals surface area contributed by atoms with Crippen LogP contribution in [0, 0.1) is 19.7 Å². The number of rotatable bonds is 1. The van der Waals surface area contributed by atoms with Crippen molar-refractivity contribution in [3.8, 4) is 0 Å². The van der Waals surface area contributed by atoms with E-state index in [0.29, 0.717) is 10.4 Å². The van der Waals surface area contributed by atoms with Crippen molar-refractivity contribution in [1.82, 2.24) is 4.98 Å². The maximum atomic E-state index is 13.3. The molecule has 1 heterocycles. The number of fused-ring (bicyclic) bond motifs is 1. The summed E-state index contributed by atoms with van der Waals surface area (Å²) in [6.07, 6.45) is 0.809. The van der Waals surface area contributed by atoms with Gasteiger partial charge in [-0.2, -0.15) is 0 Å². The summed E-state index contributed by atoms with van der Waals surface area (Å²) >= 11 is 6.28. The van der Waals surface area contributed by atoms with Crippen LogP contribution in [0.25, 0.3) is 10.9 Å². The molecule has 0 amide bonds. The molecule has 0 saturated carbocycles. The second-order valence-electron chi connectivity index (χ2n) is 3.96. The first kappa shape index (κ1) is 11.3. The van der Waals surface area contributed by atoms with E-state index in [1.165, 1.54) is 12.1 Å². The van der Waals surface area contributed by atoms with E-state index in [-0.39, 0.29) is 5.82 Å². The van der Waals surface area contributed by atoms with Gasteiger partial charge in [-0.05, 0) is 43.5 Å². The molecule has 0 aliphatic rings. The van der Waals surface area contributed by atoms with Crippen molar-refractivity contribution in [2.45, 2.75) is 27.2 Å². The minimum Gasteiger partial charge on any atom is -0.252 e. The molecule has 1 aromatic heterocycles. The number of pyridine rings is 1. The van der Waals surface area contributed by atoms with Crippen molar-refractivity contribution in [2.75, 3.05) is 0 Å². The van der Waals surface area contributed by atoms with E-state index in [0.717, 1.165) is 28.8 Å². The predicted octanol–water partition coefficient (Wildman–Crippen LogP) is 4.21. The molecule has 0 spiro atoms. The van der Waals surface area contributed by atoms with E-state index in [1.54, 1.807) is 0 Å². The predicted molar refractivity (Wildman–Crippen MR) is 65.6 cm³/mol. The van der Waals surface area contributed by atoms with Crippen LogP contribution < -0.4 is 0 Å². The molecule has 0 unspecified atom stereocenters. The first-order valence-electron chi connectivity index (χ1n) is 5.29. The maximum Gasteiger partial charge on any atom is 0.124 e. The van der Waals surface area contributed by atoms with E-state index in [2.05, 4.69) is 4.98 Å². The van der Waals surface area contributed by atoms with Crippen LogP contribution in [0.3, 0.4) is 0 Å². The van der Waals surface area contributed by atoms with Gasteiger partial charge >= 0.3 is 0 Å². The number of nitrogens with zero attached hydrogens (tertiary/aromatic N) is 1. The summed E-state index contributed by atoms with van der Waals surface area (Å²) in [4.78, 5) is 4.50. The van der Waals surface area contributed by atoms with E-state index in [4.69, 9.17) is 11.6 Å². The molecule has 0 aliphatic carbocycles. The Labute approximate surface area is 99.3 Å². The van der Waals surface area contributed by atoms with Gasteiger partial charge in [0.25, 0.3) is 0 Å². The first-order chi connectivity index (χ1) is 7.54. The third-order valence-corrected chi connectivity index (χ3v) is 3.27. The zero-order chi connectivity index (χ0) is 11.9. The number of hydrogen-bond acceptors (Lipinski definition) is 1. The van der Waals surface area contributed by atoms with Crippen LogP contribution in [0.1, 0.15) is 23.7 Å². The van der Waals surface area contributed by atoms with Gasteiger partial charge in [0.1, 0.15) is 5.82 Å². The zero-order valence-electron chi connectivity index (χ0n) is 9.56. The van der Waals surface area contributed by atoms with Crippen molar-refractivity contribution in [2.24, 2.45) is 0 Å². The smallest absolute Gasteiger partial charge is 0.124 e. The fourth-order valence-electron chi connectivity index (χ4n) is 2.02. The Balaban J connectivity index is 2.93. The minimum absolute atomic E-state index is 0.264. The average molecular weight is 238 g/mol. The number of benzene rings is 1. The average Bonchev–Trinajstić information content (AvgIpc) is 2.21. The third-order valence-electron chi connectivity index (χ3n) is 2.84. The van der Waals surface area contributed by atoms with Gasteiger partial charge in [0.2, 0.25) is 0 Å². The summed E-state index contributed by atoms with van der Waals surface area (Å²) in [6, 6.07) is 2.94. The molecule has 2 rings (SSSR count). The Bertz CT molecular complexity index is 564. The summed E-state index contributed by atoms with van der Waals surface area (Å²) in [5.41, 5.74) is 3.54. The lowest BCUT2D eigenvalue weighted by atomic mass is 10.0. The first-order valence-corrected chi connectivity index (χ1v) is 5.67. The number of hydrogen-bond donors (Lipinski definition) is 0. The Kier molecular flexibility index (Phi) is 2.85. The van der Waals surface area contributed by atoms with Crippen molar-refractivity contribution >= 4 is 22.5 Å². The molecule has 1 nitrogen and oxygen atoms in total. The number of aromatic nitrogens is 1. The van der Waals surface area contributed by atoms with Crippen LogP contribution in [0.4, 0.5) is 4.39 Å². The minimum atomic E-state index is -0.264. The highest BCUT2D eigenvalue weighted by Crippen LogP contribution is 2.30. The second-order valence-corrected chi connectivity index (χ2v) is 4.34. The van der Waals surface area contributed by atoms with Crippen molar-refractivity contribution < 1.29 is 4.39 Å². The molecule has 1 aromatic carbocycles. The van der Waals surface area contributed by atoms with Gasteiger partial charge in [0.05, 0.1) is 10.5 Å². The van der Waals surface area contributed by atoms with Crippen molar-refractivity contribution in [3.63, 3.8) is 0 Å². The largest absolute Gasteiger partial charge is 0.252 e. The highest BCUT2D eigenvalue weighted by atomic mass is 35.5. The van der Waals surface area contributed by atoms with Crippen LogP contribution in [-0.4, -0.2) is 4.98 Å². The highest BCUT2D eigenvalue weighted by Gasteiger charge is 2.12. The van der Waals surface area contributed by atoms with E-state index >= 15 is 0 Å². The fraction of sp³-hybridized carbons (Fsp3) is 0.308. The lowest BCUT2D eigenvalue weighted by Gasteiger charge is -2.10. The van der Waals surface area contributed by atoms with Gasteiger partial charge < -0.3 is 0 Å². The molecule has 0 saturated heterocycles. The topological polar surface area (TPSA) is 12.9 Å². The van der Waals surface area contributed by atoms with Gasteiger partial charge in [-0.1, -0.05) is 18.5 Å². The molecule has 0 radical (unpaired) electrons. The van der Waals surface area contributed by atoms with Gasteiger partial charge in [0.15, 0.2) is 0 Å². The monoisotopic (exact) mass is 237 g/mol. The molecule has 0 aliphatic heterocycles. The summed E-state index contributed by atoms with van der Waals surface area (Å²) in [5.74, 6) is -0.264. The molecule has 0 bridgehead atoms. The van der Waals surface area contributed by atoms with Crippen molar-refractivity contribution in [1.29, 1.82) is 0 Å². The Morgan fingerprint density at radius 2 is 2.00 bits per heavy atom.